The molecule has 0 radical (unpaired) electrons. The number of likely N-dealkylation sites (N-methyl/N-ethyl adjacent to an activating group) is 1. The third kappa shape index (κ3) is 3.91. The summed E-state index contributed by atoms with van der Waals surface area (Å²) in [5.74, 6) is 0. The summed E-state index contributed by atoms with van der Waals surface area (Å²) in [6.45, 7) is 11.8. The van der Waals surface area contributed by atoms with Crippen molar-refractivity contribution < 1.29 is 0 Å². The van der Waals surface area contributed by atoms with Gasteiger partial charge in [0.1, 0.15) is 0 Å². The summed E-state index contributed by atoms with van der Waals surface area (Å²) in [4.78, 5) is 2.41. The van der Waals surface area contributed by atoms with E-state index in [-0.39, 0.29) is 0 Å². The van der Waals surface area contributed by atoms with Crippen LogP contribution in [0, 0.1) is 0 Å². The van der Waals surface area contributed by atoms with E-state index in [9.17, 15) is 0 Å². The van der Waals surface area contributed by atoms with Gasteiger partial charge in [0.05, 0.1) is 0 Å². The maximum Gasteiger partial charge on any atom is 0.0299 e. The summed E-state index contributed by atoms with van der Waals surface area (Å²) in [6, 6.07) is 0.593. The van der Waals surface area contributed by atoms with Gasteiger partial charge >= 0.3 is 0 Å². The molecule has 0 bridgehead atoms. The molecule has 0 rings (SSSR count). The molecule has 0 aliphatic heterocycles. The summed E-state index contributed by atoms with van der Waals surface area (Å²) in [5, 5.41) is 0. The van der Waals surface area contributed by atoms with Crippen molar-refractivity contribution in [3.8, 4) is 0 Å². The second-order valence-corrected chi connectivity index (χ2v) is 3.63. The van der Waals surface area contributed by atoms with Crippen LogP contribution in [0.25, 0.3) is 0 Å². The fourth-order valence-electron chi connectivity index (χ4n) is 1.62. The molecule has 0 aromatic carbocycles. The van der Waals surface area contributed by atoms with Gasteiger partial charge in [0.25, 0.3) is 0 Å². The van der Waals surface area contributed by atoms with Crippen LogP contribution in [0.5, 0.6) is 0 Å². The van der Waals surface area contributed by atoms with Crippen LogP contribution in [0.4, 0.5) is 0 Å². The van der Waals surface area contributed by atoms with E-state index in [0.29, 0.717) is 6.04 Å². The molecule has 0 heterocycles. The molecule has 0 N–H and O–H groups in total. The van der Waals surface area contributed by atoms with Gasteiger partial charge in [-0.25, -0.2) is 0 Å². The first-order valence-corrected chi connectivity index (χ1v) is 4.99. The highest BCUT2D eigenvalue weighted by Crippen LogP contribution is 2.12. The van der Waals surface area contributed by atoms with Crippen LogP contribution in [-0.4, -0.2) is 24.5 Å². The lowest BCUT2D eigenvalue weighted by Gasteiger charge is -2.27. The second-order valence-electron chi connectivity index (χ2n) is 3.63. The van der Waals surface area contributed by atoms with Crippen LogP contribution in [0.2, 0.25) is 0 Å². The van der Waals surface area contributed by atoms with Crippen molar-refractivity contribution in [1.82, 2.24) is 4.90 Å². The highest BCUT2D eigenvalue weighted by molar-refractivity contribution is 5.01. The van der Waals surface area contributed by atoms with Crippen molar-refractivity contribution >= 4 is 0 Å². The van der Waals surface area contributed by atoms with Gasteiger partial charge in [-0.3, -0.25) is 4.90 Å². The Kier molecular flexibility index (Phi) is 6.09. The van der Waals surface area contributed by atoms with E-state index in [2.05, 4.69) is 39.3 Å². The maximum absolute atomic E-state index is 4.04. The highest BCUT2D eigenvalue weighted by atomic mass is 15.1. The number of hydrogen-bond donors (Lipinski definition) is 0. The molecule has 0 saturated carbocycles. The summed E-state index contributed by atoms with van der Waals surface area (Å²) < 4.78 is 0. The van der Waals surface area contributed by atoms with E-state index in [1.165, 1.54) is 31.4 Å². The molecule has 0 aliphatic rings. The Morgan fingerprint density at radius 2 is 1.92 bits per heavy atom. The predicted octanol–water partition coefficient (Wildman–Crippen LogP) is 3.07. The quantitative estimate of drug-likeness (QED) is 0.552. The Labute approximate surface area is 77.5 Å². The van der Waals surface area contributed by atoms with Crippen LogP contribution >= 0.6 is 0 Å². The van der Waals surface area contributed by atoms with Crippen LogP contribution in [0.15, 0.2) is 12.2 Å². The van der Waals surface area contributed by atoms with E-state index in [1.54, 1.807) is 0 Å². The number of rotatable bonds is 6. The molecule has 0 saturated heterocycles. The summed E-state index contributed by atoms with van der Waals surface area (Å²) >= 11 is 0. The molecule has 1 unspecified atom stereocenters. The van der Waals surface area contributed by atoms with Crippen molar-refractivity contribution in [2.45, 2.75) is 46.1 Å². The van der Waals surface area contributed by atoms with Crippen molar-refractivity contribution in [3.63, 3.8) is 0 Å². The average Bonchev–Trinajstić information content (AvgIpc) is 1.99. The monoisotopic (exact) mass is 169 g/mol. The Balaban J connectivity index is 3.99. The second kappa shape index (κ2) is 6.24. The molecule has 0 aliphatic carbocycles. The summed E-state index contributed by atoms with van der Waals surface area (Å²) in [5.41, 5.74) is 1.30. The zero-order valence-corrected chi connectivity index (χ0v) is 9.06. The first kappa shape index (κ1) is 11.7. The third-order valence-corrected chi connectivity index (χ3v) is 2.24. The number of hydrogen-bond acceptors (Lipinski definition) is 1. The Morgan fingerprint density at radius 3 is 2.25 bits per heavy atom. The van der Waals surface area contributed by atoms with Crippen LogP contribution in [0.3, 0.4) is 0 Å². The van der Waals surface area contributed by atoms with E-state index in [0.717, 1.165) is 0 Å². The highest BCUT2D eigenvalue weighted by Gasteiger charge is 2.12. The summed E-state index contributed by atoms with van der Waals surface area (Å²) in [6.07, 6.45) is 3.71. The smallest absolute Gasteiger partial charge is 0.0299 e. The molecule has 1 atom stereocenters. The first-order chi connectivity index (χ1) is 5.63. The van der Waals surface area contributed by atoms with Gasteiger partial charge < -0.3 is 0 Å². The fraction of sp³-hybridized carbons (Fsp3) is 0.818. The molecule has 72 valence electrons. The molecule has 12 heavy (non-hydrogen) atoms. The lowest BCUT2D eigenvalue weighted by atomic mass is 10.0. The summed E-state index contributed by atoms with van der Waals surface area (Å²) in [7, 11) is 2.19. The minimum absolute atomic E-state index is 0.593. The topological polar surface area (TPSA) is 3.24 Å². The molecule has 0 fully saturated rings. The van der Waals surface area contributed by atoms with Crippen molar-refractivity contribution in [2.75, 3.05) is 13.6 Å². The molecular weight excluding hydrogens is 146 g/mol. The Hall–Kier alpha value is -0.300. The average molecular weight is 169 g/mol. The Morgan fingerprint density at radius 1 is 1.33 bits per heavy atom. The lowest BCUT2D eigenvalue weighted by Crippen LogP contribution is -2.32. The molecular formula is C11H23N. The van der Waals surface area contributed by atoms with Crippen molar-refractivity contribution in [3.05, 3.63) is 12.2 Å². The van der Waals surface area contributed by atoms with E-state index < -0.39 is 0 Å². The SMILES string of the molecule is C=C(C)C(CCC)N(C)CCC. The predicted molar refractivity (Wildman–Crippen MR) is 56.4 cm³/mol. The first-order valence-electron chi connectivity index (χ1n) is 4.99. The lowest BCUT2D eigenvalue weighted by molar-refractivity contribution is 0.259. The van der Waals surface area contributed by atoms with Crippen LogP contribution in [0.1, 0.15) is 40.0 Å². The Bertz CT molecular complexity index is 129. The maximum atomic E-state index is 4.04. The molecule has 0 aromatic rings. The van der Waals surface area contributed by atoms with Crippen molar-refractivity contribution in [1.29, 1.82) is 0 Å². The van der Waals surface area contributed by atoms with E-state index >= 15 is 0 Å². The zero-order chi connectivity index (χ0) is 9.56. The zero-order valence-electron chi connectivity index (χ0n) is 9.06. The van der Waals surface area contributed by atoms with Gasteiger partial charge in [-0.1, -0.05) is 32.4 Å². The van der Waals surface area contributed by atoms with Crippen LogP contribution in [-0.2, 0) is 0 Å². The molecule has 1 nitrogen and oxygen atoms in total. The van der Waals surface area contributed by atoms with Gasteiger partial charge in [0.2, 0.25) is 0 Å². The largest absolute Gasteiger partial charge is 0.300 e. The fourth-order valence-corrected chi connectivity index (χ4v) is 1.62. The van der Waals surface area contributed by atoms with E-state index in [4.69, 9.17) is 0 Å². The minimum atomic E-state index is 0.593. The van der Waals surface area contributed by atoms with Crippen molar-refractivity contribution in [2.24, 2.45) is 0 Å². The van der Waals surface area contributed by atoms with Gasteiger partial charge in [0, 0.05) is 6.04 Å². The molecule has 0 amide bonds. The van der Waals surface area contributed by atoms with Crippen LogP contribution < -0.4 is 0 Å². The molecule has 0 aromatic heterocycles. The molecule has 1 heteroatoms. The van der Waals surface area contributed by atoms with Gasteiger partial charge in [-0.05, 0) is 33.4 Å². The standard InChI is InChI=1S/C11H23N/c1-6-8-11(10(3)4)12(5)9-7-2/h11H,3,6-9H2,1-2,4-5H3. The van der Waals surface area contributed by atoms with Gasteiger partial charge in [-0.15, -0.1) is 0 Å². The minimum Gasteiger partial charge on any atom is -0.300 e. The molecule has 0 spiro atoms. The normalized spacial score (nSPS) is 13.4. The van der Waals surface area contributed by atoms with E-state index in [1.807, 2.05) is 0 Å². The van der Waals surface area contributed by atoms with Gasteiger partial charge in [0.15, 0.2) is 0 Å². The van der Waals surface area contributed by atoms with Gasteiger partial charge in [-0.2, -0.15) is 0 Å². The number of nitrogens with zero attached hydrogens (tertiary/aromatic N) is 1. The third-order valence-electron chi connectivity index (χ3n) is 2.24.